The molecule has 0 radical (unpaired) electrons. The van der Waals surface area contributed by atoms with Crippen LogP contribution in [-0.2, 0) is 0 Å². The Hall–Kier alpha value is -0.395. The molecule has 0 spiro atoms. The molecule has 0 saturated carbocycles. The van der Waals surface area contributed by atoms with E-state index in [2.05, 4.69) is 7.49 Å². The van der Waals surface area contributed by atoms with Crippen molar-refractivity contribution in [3.8, 4) is 0 Å². The van der Waals surface area contributed by atoms with E-state index in [0.29, 0.717) is 0 Å². The molecule has 0 heterocycles. The van der Waals surface area contributed by atoms with Crippen molar-refractivity contribution < 1.29 is 0 Å². The van der Waals surface area contributed by atoms with Crippen LogP contribution in [0.15, 0.2) is 0 Å². The summed E-state index contributed by atoms with van der Waals surface area (Å²) in [5.74, 6) is 1.42. The van der Waals surface area contributed by atoms with E-state index in [4.69, 9.17) is 5.41 Å². The second-order valence-corrected chi connectivity index (χ2v) is 0.402. The zero-order chi connectivity index (χ0) is 3.41. The van der Waals surface area contributed by atoms with Crippen LogP contribution in [0.25, 0.3) is 0 Å². The van der Waals surface area contributed by atoms with E-state index in [0.717, 1.165) is 6.21 Å². The summed E-state index contributed by atoms with van der Waals surface area (Å²) in [4.78, 5) is 0. The first kappa shape index (κ1) is 3.60. The second-order valence-electron chi connectivity index (χ2n) is 0.402. The number of rotatable bonds is 1. The fraction of sp³-hybridized carbons (Fsp3) is 0. The van der Waals surface area contributed by atoms with Gasteiger partial charge in [-0.1, -0.05) is 0 Å². The van der Waals surface area contributed by atoms with Crippen LogP contribution in [0.1, 0.15) is 0 Å². The number of hydrogen-bond acceptors (Lipinski definition) is 1. The fourth-order valence-corrected chi connectivity index (χ4v) is 0. The molecular weight excluding hydrogens is 48.8 g/mol. The van der Waals surface area contributed by atoms with Gasteiger partial charge in [0.2, 0.25) is 0 Å². The van der Waals surface area contributed by atoms with Crippen LogP contribution >= 0.6 is 0 Å². The van der Waals surface area contributed by atoms with Gasteiger partial charge in [-0.25, -0.2) is 0 Å². The molecule has 2 heteroatoms. The van der Waals surface area contributed by atoms with Crippen molar-refractivity contribution in [2.24, 2.45) is 0 Å². The van der Waals surface area contributed by atoms with Gasteiger partial charge < -0.3 is 0 Å². The molecular formula is C2H4BN. The third-order valence-electron chi connectivity index (χ3n) is 0.118. The summed E-state index contributed by atoms with van der Waals surface area (Å²) in [5, 5.41) is 6.21. The Kier molecular flexibility index (Phi) is 2.35. The van der Waals surface area contributed by atoms with E-state index < -0.39 is 0 Å². The Morgan fingerprint density at radius 3 is 2.00 bits per heavy atom. The predicted molar refractivity (Wildman–Crippen MR) is 22.0 cm³/mol. The van der Waals surface area contributed by atoms with Crippen molar-refractivity contribution in [3.05, 3.63) is 0 Å². The van der Waals surface area contributed by atoms with Crippen LogP contribution in [0, 0.1) is 5.41 Å². The van der Waals surface area contributed by atoms with Gasteiger partial charge in [0, 0.05) is 0 Å². The minimum atomic E-state index is 1.14. The van der Waals surface area contributed by atoms with Gasteiger partial charge in [0.1, 0.15) is 0 Å². The first-order valence-electron chi connectivity index (χ1n) is 1.03. The third-order valence-corrected chi connectivity index (χ3v) is 0.118. The molecule has 0 rings (SSSR count). The monoisotopic (exact) mass is 53.0 g/mol. The van der Waals surface area contributed by atoms with Crippen molar-refractivity contribution in [2.45, 2.75) is 0 Å². The molecule has 0 aliphatic rings. The fourth-order valence-electron chi connectivity index (χ4n) is 0. The molecule has 0 aromatic rings. The molecule has 1 N–H and O–H groups in total. The van der Waals surface area contributed by atoms with Crippen molar-refractivity contribution >= 4 is 19.7 Å². The van der Waals surface area contributed by atoms with Crippen LogP contribution in [-0.4, -0.2) is 19.7 Å². The summed E-state index contributed by atoms with van der Waals surface area (Å²) in [5.41, 5.74) is 0. The van der Waals surface area contributed by atoms with Gasteiger partial charge in [-0.2, -0.15) is 0 Å². The number of nitrogens with one attached hydrogen (secondary N) is 1. The second kappa shape index (κ2) is 2.60. The Balaban J connectivity index is 2.73. The van der Waals surface area contributed by atoms with Crippen LogP contribution in [0.5, 0.6) is 0 Å². The summed E-state index contributed by atoms with van der Waals surface area (Å²) in [6.07, 6.45) is 1.14. The van der Waals surface area contributed by atoms with Crippen molar-refractivity contribution in [1.29, 1.82) is 5.41 Å². The van der Waals surface area contributed by atoms with Crippen LogP contribution in [0.2, 0.25) is 0 Å². The van der Waals surface area contributed by atoms with Crippen LogP contribution in [0.4, 0.5) is 0 Å². The van der Waals surface area contributed by atoms with E-state index in [1.54, 1.807) is 0 Å². The Morgan fingerprint density at radius 1 is 1.75 bits per heavy atom. The zero-order valence-corrected chi connectivity index (χ0v) is 2.36. The molecule has 0 amide bonds. The molecule has 0 aliphatic carbocycles. The van der Waals surface area contributed by atoms with Gasteiger partial charge in [-0.05, 0) is 0 Å². The number of hydrogen-bond donors (Lipinski definition) is 1. The van der Waals surface area contributed by atoms with E-state index in [9.17, 15) is 0 Å². The van der Waals surface area contributed by atoms with Crippen LogP contribution < -0.4 is 0 Å². The third kappa shape index (κ3) is 1.60. The molecule has 1 nitrogen and oxygen atoms in total. The maximum atomic E-state index is 6.21. The minimum absolute atomic E-state index is 1.14. The maximum absolute atomic E-state index is 6.21. The van der Waals surface area contributed by atoms with Crippen molar-refractivity contribution in [2.75, 3.05) is 0 Å². The van der Waals surface area contributed by atoms with E-state index in [1.807, 2.05) is 0 Å². The summed E-state index contributed by atoms with van der Waals surface area (Å²) < 4.78 is 0. The zero-order valence-electron chi connectivity index (χ0n) is 2.36. The Morgan fingerprint density at radius 2 is 2.00 bits per heavy atom. The van der Waals surface area contributed by atoms with Gasteiger partial charge in [-0.15, -0.1) is 0 Å². The summed E-state index contributed by atoms with van der Waals surface area (Å²) >= 11 is 0. The Bertz CT molecular complexity index is 27.0. The average molecular weight is 52.9 g/mol. The average Bonchev–Trinajstić information content (AvgIpc) is 1.37. The first-order chi connectivity index (χ1) is 1.91. The quantitative estimate of drug-likeness (QED) is 0.303. The van der Waals surface area contributed by atoms with E-state index in [1.165, 1.54) is 5.97 Å². The SMILES string of the molecule is B=CC=N. The summed E-state index contributed by atoms with van der Waals surface area (Å²) in [6, 6.07) is 0. The molecule has 0 saturated heterocycles. The Labute approximate surface area is 26.2 Å². The van der Waals surface area contributed by atoms with Crippen molar-refractivity contribution in [1.82, 2.24) is 0 Å². The predicted octanol–water partition coefficient (Wildman–Crippen LogP) is -0.661. The van der Waals surface area contributed by atoms with Gasteiger partial charge in [0.25, 0.3) is 0 Å². The van der Waals surface area contributed by atoms with Gasteiger partial charge in [0.15, 0.2) is 0 Å². The van der Waals surface area contributed by atoms with Crippen molar-refractivity contribution in [3.63, 3.8) is 0 Å². The van der Waals surface area contributed by atoms with E-state index in [-0.39, 0.29) is 0 Å². The molecule has 0 aromatic heterocycles. The topological polar surface area (TPSA) is 23.9 Å². The van der Waals surface area contributed by atoms with Gasteiger partial charge >= 0.3 is 25.1 Å². The van der Waals surface area contributed by atoms with Crippen LogP contribution in [0.3, 0.4) is 0 Å². The van der Waals surface area contributed by atoms with E-state index >= 15 is 0 Å². The normalized spacial score (nSPS) is 4.75. The molecule has 0 atom stereocenters. The molecule has 0 aromatic carbocycles. The molecule has 20 valence electrons. The van der Waals surface area contributed by atoms with Gasteiger partial charge in [-0.3, -0.25) is 0 Å². The summed E-state index contributed by atoms with van der Waals surface area (Å²) in [7, 11) is 3.24. The molecule has 0 bridgehead atoms. The first-order valence-corrected chi connectivity index (χ1v) is 1.03. The standard InChI is InChI=1S/C2H4BN/c3-1-2-4/h1-4H. The molecule has 0 aliphatic heterocycles. The van der Waals surface area contributed by atoms with Gasteiger partial charge in [0.05, 0.1) is 0 Å². The summed E-state index contributed by atoms with van der Waals surface area (Å²) in [6.45, 7) is 0. The molecule has 0 fully saturated rings. The molecule has 4 heavy (non-hydrogen) atoms. The molecule has 0 unspecified atom stereocenters.